The van der Waals surface area contributed by atoms with Gasteiger partial charge in [0, 0.05) is 37.4 Å². The van der Waals surface area contributed by atoms with Gasteiger partial charge in [-0.3, -0.25) is 9.36 Å². The summed E-state index contributed by atoms with van der Waals surface area (Å²) in [5.41, 5.74) is 2.32. The lowest BCUT2D eigenvalue weighted by atomic mass is 9.45. The number of likely N-dealkylation sites (tertiary alicyclic amines) is 1. The molecule has 0 radical (unpaired) electrons. The maximum absolute atomic E-state index is 14.4. The second-order valence-electron chi connectivity index (χ2n) is 13.6. The largest absolute Gasteiger partial charge is 0.497 e. The third-order valence-corrected chi connectivity index (χ3v) is 10.8. The average Bonchev–Trinajstić information content (AvgIpc) is 3.48. The lowest BCUT2D eigenvalue weighted by molar-refractivity contribution is -0.108. The summed E-state index contributed by atoms with van der Waals surface area (Å²) in [6, 6.07) is 11.3. The smallest absolute Gasteiger partial charge is 0.261 e. The van der Waals surface area contributed by atoms with E-state index < -0.39 is 0 Å². The predicted molar refractivity (Wildman–Crippen MR) is 170 cm³/mol. The summed E-state index contributed by atoms with van der Waals surface area (Å²) in [6.45, 7) is 9.47. The molecule has 1 aliphatic heterocycles. The molecule has 3 aromatic rings. The molecule has 230 valence electrons. The Balaban J connectivity index is 1.22. The van der Waals surface area contributed by atoms with Gasteiger partial charge in [-0.25, -0.2) is 14.4 Å². The van der Waals surface area contributed by atoms with Crippen LogP contribution in [0.25, 0.3) is 10.9 Å². The number of nitrogens with one attached hydrogen (secondary N) is 1. The number of methoxy groups -OCH3 is 1. The van der Waals surface area contributed by atoms with Crippen LogP contribution in [0.4, 0.5) is 10.1 Å². The molecule has 9 heteroatoms. The molecule has 2 aromatic carbocycles. The Morgan fingerprint density at radius 2 is 2.02 bits per heavy atom. The van der Waals surface area contributed by atoms with Crippen LogP contribution < -0.4 is 15.6 Å². The number of fused-ring (bicyclic) bond motifs is 3. The number of hydrogen-bond acceptors (Lipinski definition) is 5. The molecule has 1 N–H and O–H groups in total. The molecule has 2 bridgehead atoms. The summed E-state index contributed by atoms with van der Waals surface area (Å²) in [5.74, 6) is 3.07. The van der Waals surface area contributed by atoms with Gasteiger partial charge in [0.2, 0.25) is 0 Å². The van der Waals surface area contributed by atoms with Crippen molar-refractivity contribution in [1.82, 2.24) is 19.4 Å². The topological polar surface area (TPSA) is 75.0 Å². The summed E-state index contributed by atoms with van der Waals surface area (Å²) in [6.07, 6.45) is 5.51. The lowest BCUT2D eigenvalue weighted by Crippen LogP contribution is -2.56. The van der Waals surface area contributed by atoms with Gasteiger partial charge in [-0.2, -0.15) is 0 Å². The van der Waals surface area contributed by atoms with E-state index in [0.29, 0.717) is 58.6 Å². The molecule has 4 fully saturated rings. The van der Waals surface area contributed by atoms with Crippen LogP contribution in [0.3, 0.4) is 0 Å². The van der Waals surface area contributed by atoms with E-state index in [4.69, 9.17) is 9.73 Å². The highest BCUT2D eigenvalue weighted by Gasteiger charge is 2.56. The maximum atomic E-state index is 14.4. The van der Waals surface area contributed by atoms with Crippen LogP contribution in [0.15, 0.2) is 52.5 Å². The molecule has 2 heterocycles. The number of benzene rings is 2. The van der Waals surface area contributed by atoms with Crippen LogP contribution in [0.1, 0.15) is 45.6 Å². The zero-order chi connectivity index (χ0) is 30.5. The Labute approximate surface area is 254 Å². The number of nitrogens with zero attached hydrogens (tertiary/aromatic N) is 5. The summed E-state index contributed by atoms with van der Waals surface area (Å²) in [5, 5.41) is 4.18. The molecular formula is C34H45FN6O2. The fourth-order valence-corrected chi connectivity index (χ4v) is 7.62. The molecule has 4 aliphatic rings. The first-order chi connectivity index (χ1) is 20.5. The number of rotatable bonds is 7. The summed E-state index contributed by atoms with van der Waals surface area (Å²) in [7, 11) is 5.80. The molecule has 8 nitrogen and oxygen atoms in total. The molecule has 3 saturated carbocycles. The fourth-order valence-electron chi connectivity index (χ4n) is 7.62. The zero-order valence-corrected chi connectivity index (χ0v) is 26.3. The van der Waals surface area contributed by atoms with Gasteiger partial charge in [-0.15, -0.1) is 0 Å². The highest BCUT2D eigenvalue weighted by atomic mass is 19.1. The number of aliphatic imine (C=N–C) groups is 1. The molecular weight excluding hydrogens is 543 g/mol. The molecule has 1 saturated heterocycles. The van der Waals surface area contributed by atoms with Crippen LogP contribution >= 0.6 is 0 Å². The second-order valence-corrected chi connectivity index (χ2v) is 13.6. The highest BCUT2D eigenvalue weighted by Crippen LogP contribution is 2.61. The Kier molecular flexibility index (Phi) is 7.96. The van der Waals surface area contributed by atoms with Crippen LogP contribution in [0.2, 0.25) is 0 Å². The standard InChI is InChI=1S/C34H45FN6O2/c1-21-28-15-23(34(28,2)3)16-30(21)38-33(40-14-12-25(19-40)39(4)5)37-24-8-10-27-31(17-24)36-20-41(32(27)42)13-11-22-7-9-26(43-6)18-29(22)35/h7-10,17-18,20-21,23,25,28,30H,11-16,19H2,1-6H3,(H,37,38)/t21-,23-,25-,28+,30-/m0/s1. The summed E-state index contributed by atoms with van der Waals surface area (Å²) < 4.78 is 21.1. The van der Waals surface area contributed by atoms with Gasteiger partial charge in [0.15, 0.2) is 5.96 Å². The Morgan fingerprint density at radius 1 is 1.21 bits per heavy atom. The van der Waals surface area contributed by atoms with Gasteiger partial charge in [0.25, 0.3) is 5.56 Å². The predicted octanol–water partition coefficient (Wildman–Crippen LogP) is 5.26. The molecule has 0 unspecified atom stereocenters. The SMILES string of the molecule is COc1ccc(CCn2cnc3cc(NC(=N[C@H]4C[C@@H]5C[C@H]([C@@H]4C)C5(C)C)N4CC[C@H](N(C)C)C4)ccc3c2=O)c(F)c1. The van der Waals surface area contributed by atoms with Crippen molar-refractivity contribution < 1.29 is 9.13 Å². The third-order valence-electron chi connectivity index (χ3n) is 10.8. The molecule has 43 heavy (non-hydrogen) atoms. The van der Waals surface area contributed by atoms with E-state index in [0.717, 1.165) is 49.4 Å². The number of aromatic nitrogens is 2. The van der Waals surface area contributed by atoms with E-state index >= 15 is 0 Å². The number of halogens is 1. The molecule has 0 amide bonds. The fraction of sp³-hybridized carbons (Fsp3) is 0.559. The number of guanidine groups is 1. The van der Waals surface area contributed by atoms with Crippen molar-refractivity contribution in [3.63, 3.8) is 0 Å². The average molecular weight is 589 g/mol. The van der Waals surface area contributed by atoms with Crippen molar-refractivity contribution in [2.24, 2.45) is 28.2 Å². The van der Waals surface area contributed by atoms with Crippen LogP contribution in [-0.4, -0.2) is 71.7 Å². The minimum atomic E-state index is -0.340. The first kappa shape index (κ1) is 29.6. The lowest BCUT2D eigenvalue weighted by Gasteiger charge is -2.61. The summed E-state index contributed by atoms with van der Waals surface area (Å²) >= 11 is 0. The second kappa shape index (κ2) is 11.6. The van der Waals surface area contributed by atoms with E-state index in [1.54, 1.807) is 23.0 Å². The van der Waals surface area contributed by atoms with Gasteiger partial charge in [-0.1, -0.05) is 26.8 Å². The molecule has 5 atom stereocenters. The minimum absolute atomic E-state index is 0.134. The van der Waals surface area contributed by atoms with Crippen LogP contribution in [0, 0.1) is 29.0 Å². The number of hydrogen-bond donors (Lipinski definition) is 1. The number of ether oxygens (including phenoxy) is 1. The Hall–Kier alpha value is -3.46. The van der Waals surface area contributed by atoms with Crippen molar-refractivity contribution in [2.75, 3.05) is 39.6 Å². The highest BCUT2D eigenvalue weighted by molar-refractivity contribution is 5.96. The number of likely N-dealkylation sites (N-methyl/N-ethyl adjacent to an activating group) is 1. The van der Waals surface area contributed by atoms with Gasteiger partial charge in [0.05, 0.1) is 30.4 Å². The van der Waals surface area contributed by atoms with Gasteiger partial charge in [0.1, 0.15) is 11.6 Å². The molecule has 3 aliphatic carbocycles. The molecule has 0 spiro atoms. The molecule has 7 rings (SSSR count). The van der Waals surface area contributed by atoms with Crippen molar-refractivity contribution in [1.29, 1.82) is 0 Å². The van der Waals surface area contributed by atoms with Crippen LogP contribution in [-0.2, 0) is 13.0 Å². The third kappa shape index (κ3) is 5.64. The van der Waals surface area contributed by atoms with Crippen molar-refractivity contribution >= 4 is 22.5 Å². The van der Waals surface area contributed by atoms with E-state index in [1.165, 1.54) is 19.6 Å². The Morgan fingerprint density at radius 3 is 2.70 bits per heavy atom. The zero-order valence-electron chi connectivity index (χ0n) is 26.3. The summed E-state index contributed by atoms with van der Waals surface area (Å²) in [4.78, 5) is 28.0. The van der Waals surface area contributed by atoms with Gasteiger partial charge in [-0.05, 0) is 92.8 Å². The number of aryl methyl sites for hydroxylation is 2. The van der Waals surface area contributed by atoms with Crippen molar-refractivity contribution in [3.05, 3.63) is 64.5 Å². The monoisotopic (exact) mass is 588 g/mol. The first-order valence-corrected chi connectivity index (χ1v) is 15.6. The van der Waals surface area contributed by atoms with Gasteiger partial charge < -0.3 is 19.9 Å². The van der Waals surface area contributed by atoms with E-state index in [-0.39, 0.29) is 11.4 Å². The maximum Gasteiger partial charge on any atom is 0.261 e. The van der Waals surface area contributed by atoms with Crippen molar-refractivity contribution in [2.45, 2.75) is 65.1 Å². The van der Waals surface area contributed by atoms with Crippen molar-refractivity contribution in [3.8, 4) is 5.75 Å². The number of anilines is 1. The van der Waals surface area contributed by atoms with Gasteiger partial charge >= 0.3 is 0 Å². The normalized spacial score (nSPS) is 26.6. The Bertz CT molecular complexity index is 1580. The first-order valence-electron chi connectivity index (χ1n) is 15.6. The molecule has 1 aromatic heterocycles. The van der Waals surface area contributed by atoms with E-state index in [2.05, 4.69) is 55.0 Å². The quantitative estimate of drug-likeness (QED) is 0.300. The van der Waals surface area contributed by atoms with Crippen LogP contribution in [0.5, 0.6) is 5.75 Å². The van der Waals surface area contributed by atoms with E-state index in [9.17, 15) is 9.18 Å². The van der Waals surface area contributed by atoms with E-state index in [1.807, 2.05) is 18.2 Å². The minimum Gasteiger partial charge on any atom is -0.497 e.